The Kier molecular flexibility index (Phi) is 5.51. The molecule has 4 rings (SSSR count). The van der Waals surface area contributed by atoms with Gasteiger partial charge in [-0.1, -0.05) is 0 Å². The number of nitriles is 1. The van der Waals surface area contributed by atoms with Gasteiger partial charge in [0.15, 0.2) is 5.65 Å². The number of ether oxygens (including phenoxy) is 1. The molecule has 31 heavy (non-hydrogen) atoms. The van der Waals surface area contributed by atoms with Crippen LogP contribution in [0.4, 0.5) is 19.1 Å². The highest BCUT2D eigenvalue weighted by atomic mass is 19.4. The smallest absolute Gasteiger partial charge is 0.405 e. The summed E-state index contributed by atoms with van der Waals surface area (Å²) in [6.45, 7) is 2.22. The largest absolute Gasteiger partial charge is 0.573 e. The van der Waals surface area contributed by atoms with Crippen LogP contribution in [0.15, 0.2) is 29.2 Å². The van der Waals surface area contributed by atoms with Crippen molar-refractivity contribution in [2.24, 2.45) is 5.92 Å². The van der Waals surface area contributed by atoms with Crippen LogP contribution in [0.25, 0.3) is 11.2 Å². The quantitative estimate of drug-likeness (QED) is 0.543. The van der Waals surface area contributed by atoms with Crippen LogP contribution >= 0.6 is 0 Å². The normalized spacial score (nSPS) is 16.4. The predicted octanol–water partition coefficient (Wildman–Crippen LogP) is 1.96. The van der Waals surface area contributed by atoms with Gasteiger partial charge in [-0.15, -0.1) is 13.2 Å². The Bertz CT molecular complexity index is 1190. The van der Waals surface area contributed by atoms with E-state index in [0.29, 0.717) is 23.9 Å². The first-order valence-electron chi connectivity index (χ1n) is 9.51. The highest BCUT2D eigenvalue weighted by Gasteiger charge is 2.32. The van der Waals surface area contributed by atoms with Crippen LogP contribution in [0.1, 0.15) is 17.5 Å². The van der Waals surface area contributed by atoms with Crippen molar-refractivity contribution in [3.8, 4) is 11.8 Å². The molecule has 0 radical (unpaired) electrons. The van der Waals surface area contributed by atoms with E-state index >= 15 is 0 Å². The minimum absolute atomic E-state index is 0.0181. The second-order valence-corrected chi connectivity index (χ2v) is 7.17. The molecule has 12 heteroatoms. The van der Waals surface area contributed by atoms with Gasteiger partial charge in [0, 0.05) is 12.1 Å². The number of hydrogen-bond acceptors (Lipinski definition) is 7. The van der Waals surface area contributed by atoms with E-state index in [1.54, 1.807) is 0 Å². The van der Waals surface area contributed by atoms with Gasteiger partial charge in [0.25, 0.3) is 0 Å². The summed E-state index contributed by atoms with van der Waals surface area (Å²) in [7, 11) is 0. The van der Waals surface area contributed by atoms with Gasteiger partial charge < -0.3 is 20.4 Å². The van der Waals surface area contributed by atoms with E-state index < -0.39 is 17.8 Å². The first-order chi connectivity index (χ1) is 14.8. The fraction of sp³-hybridized carbons (Fsp3) is 0.368. The van der Waals surface area contributed by atoms with Crippen LogP contribution in [-0.2, 0) is 6.54 Å². The van der Waals surface area contributed by atoms with Crippen molar-refractivity contribution in [3.63, 3.8) is 0 Å². The van der Waals surface area contributed by atoms with Gasteiger partial charge in [-0.3, -0.25) is 4.57 Å². The Labute approximate surface area is 173 Å². The summed E-state index contributed by atoms with van der Waals surface area (Å²) in [5.41, 5.74) is 0.158. The van der Waals surface area contributed by atoms with Crippen LogP contribution < -0.4 is 21.1 Å². The van der Waals surface area contributed by atoms with Crippen LogP contribution in [0.3, 0.4) is 0 Å². The zero-order chi connectivity index (χ0) is 22.0. The highest BCUT2D eigenvalue weighted by Crippen LogP contribution is 2.28. The van der Waals surface area contributed by atoms with Crippen LogP contribution in [0, 0.1) is 17.2 Å². The van der Waals surface area contributed by atoms with Crippen molar-refractivity contribution < 1.29 is 17.9 Å². The van der Waals surface area contributed by atoms with Crippen molar-refractivity contribution in [1.82, 2.24) is 24.8 Å². The molecule has 1 saturated heterocycles. The Hall–Kier alpha value is -3.59. The van der Waals surface area contributed by atoms with Crippen molar-refractivity contribution >= 4 is 17.1 Å². The molecule has 0 spiro atoms. The van der Waals surface area contributed by atoms with Gasteiger partial charge in [0.05, 0.1) is 24.4 Å². The van der Waals surface area contributed by atoms with Crippen molar-refractivity contribution in [1.29, 1.82) is 5.26 Å². The minimum Gasteiger partial charge on any atom is -0.405 e. The summed E-state index contributed by atoms with van der Waals surface area (Å²) in [4.78, 5) is 23.6. The minimum atomic E-state index is -4.91. The molecule has 0 bridgehead atoms. The van der Waals surface area contributed by atoms with Crippen LogP contribution in [0.2, 0.25) is 0 Å². The van der Waals surface area contributed by atoms with Gasteiger partial charge in [-0.25, -0.2) is 9.78 Å². The summed E-state index contributed by atoms with van der Waals surface area (Å²) < 4.78 is 43.6. The molecule has 1 aliphatic heterocycles. The first-order valence-corrected chi connectivity index (χ1v) is 9.51. The number of imidazole rings is 1. The fourth-order valence-electron chi connectivity index (χ4n) is 3.47. The average molecular weight is 433 g/mol. The molecule has 2 aromatic heterocycles. The van der Waals surface area contributed by atoms with Crippen molar-refractivity contribution in [2.75, 3.05) is 25.0 Å². The summed E-state index contributed by atoms with van der Waals surface area (Å²) in [6, 6.07) is 5.39. The molecule has 3 heterocycles. The molecule has 3 N–H and O–H groups in total. The molecule has 1 atom stereocenters. The van der Waals surface area contributed by atoms with E-state index in [0.717, 1.165) is 25.6 Å². The lowest BCUT2D eigenvalue weighted by atomic mass is 10.1. The number of anilines is 1. The Balaban J connectivity index is 1.66. The molecule has 1 aliphatic rings. The number of halogens is 3. The van der Waals surface area contributed by atoms with Crippen LogP contribution in [-0.4, -0.2) is 45.5 Å². The molecule has 3 aromatic rings. The molecule has 162 valence electrons. The topological polar surface area (TPSA) is 121 Å². The molecular weight excluding hydrogens is 415 g/mol. The third kappa shape index (κ3) is 4.77. The number of H-pyrrole nitrogens is 1. The number of aromatic nitrogens is 4. The molecule has 0 amide bonds. The van der Waals surface area contributed by atoms with Crippen LogP contribution in [0.5, 0.6) is 5.75 Å². The lowest BCUT2D eigenvalue weighted by Crippen LogP contribution is -2.21. The number of nitrogens with zero attached hydrogens (tertiary/aromatic N) is 4. The third-order valence-corrected chi connectivity index (χ3v) is 4.97. The van der Waals surface area contributed by atoms with E-state index in [1.807, 2.05) is 6.07 Å². The Morgan fingerprint density at radius 3 is 2.94 bits per heavy atom. The van der Waals surface area contributed by atoms with Crippen molar-refractivity contribution in [3.05, 3.63) is 46.0 Å². The zero-order valence-corrected chi connectivity index (χ0v) is 16.2. The molecule has 1 fully saturated rings. The van der Waals surface area contributed by atoms with Gasteiger partial charge >= 0.3 is 12.1 Å². The first kappa shape index (κ1) is 20.7. The third-order valence-electron chi connectivity index (χ3n) is 4.97. The Morgan fingerprint density at radius 1 is 1.39 bits per heavy atom. The molecule has 0 saturated carbocycles. The van der Waals surface area contributed by atoms with E-state index in [9.17, 15) is 18.0 Å². The van der Waals surface area contributed by atoms with Gasteiger partial charge in [0.2, 0.25) is 5.95 Å². The Morgan fingerprint density at radius 2 is 2.23 bits per heavy atom. The van der Waals surface area contributed by atoms with E-state index in [-0.39, 0.29) is 23.3 Å². The van der Waals surface area contributed by atoms with E-state index in [2.05, 4.69) is 30.3 Å². The maximum atomic E-state index is 12.8. The van der Waals surface area contributed by atoms with Gasteiger partial charge in [-0.2, -0.15) is 10.2 Å². The number of alkyl halides is 3. The van der Waals surface area contributed by atoms with Crippen molar-refractivity contribution in [2.45, 2.75) is 19.3 Å². The number of benzene rings is 1. The number of rotatable bonds is 6. The zero-order valence-electron chi connectivity index (χ0n) is 16.2. The SMILES string of the molecule is N#Cc1ccc(OC(F)(F)F)c(Cn2c(=O)[nH]c3cnc(NC[C@H]4CCNC4)nc32)c1. The lowest BCUT2D eigenvalue weighted by molar-refractivity contribution is -0.274. The molecule has 9 nitrogen and oxygen atoms in total. The molecule has 1 aromatic carbocycles. The van der Waals surface area contributed by atoms with Gasteiger partial charge in [-0.05, 0) is 43.6 Å². The second kappa shape index (κ2) is 8.27. The number of nitrogens with one attached hydrogen (secondary N) is 3. The van der Waals surface area contributed by atoms with E-state index in [1.165, 1.54) is 22.9 Å². The summed E-state index contributed by atoms with van der Waals surface area (Å²) >= 11 is 0. The average Bonchev–Trinajstić information content (AvgIpc) is 3.34. The summed E-state index contributed by atoms with van der Waals surface area (Å²) in [5, 5.41) is 15.5. The molecular formula is C19H18F3N7O2. The molecule has 0 unspecified atom stereocenters. The number of aromatic amines is 1. The highest BCUT2D eigenvalue weighted by molar-refractivity contribution is 5.71. The lowest BCUT2D eigenvalue weighted by Gasteiger charge is -2.14. The number of hydrogen-bond donors (Lipinski definition) is 3. The number of fused-ring (bicyclic) bond motifs is 1. The molecule has 0 aliphatic carbocycles. The predicted molar refractivity (Wildman–Crippen MR) is 105 cm³/mol. The van der Waals surface area contributed by atoms with E-state index in [4.69, 9.17) is 5.26 Å². The maximum absolute atomic E-state index is 12.8. The fourth-order valence-corrected chi connectivity index (χ4v) is 3.47. The summed E-state index contributed by atoms with van der Waals surface area (Å²) in [5.74, 6) is 0.252. The second-order valence-electron chi connectivity index (χ2n) is 7.17. The summed E-state index contributed by atoms with van der Waals surface area (Å²) in [6.07, 6.45) is -2.45. The monoisotopic (exact) mass is 433 g/mol. The van der Waals surface area contributed by atoms with Gasteiger partial charge in [0.1, 0.15) is 11.3 Å². The standard InChI is InChI=1S/C19H18F3N7O2/c20-19(21,22)31-15-2-1-11(6-23)5-13(15)10-29-16-14(27-18(29)30)9-26-17(28-16)25-8-12-3-4-24-7-12/h1-2,5,9,12,24H,3-4,7-8,10H2,(H,27,30)(H,25,26,28)/t12-/m0/s1. The maximum Gasteiger partial charge on any atom is 0.573 e.